The van der Waals surface area contributed by atoms with Gasteiger partial charge in [0.1, 0.15) is 11.9 Å². The van der Waals surface area contributed by atoms with E-state index < -0.39 is 6.10 Å². The Bertz CT molecular complexity index is 560. The molecule has 1 saturated heterocycles. The lowest BCUT2D eigenvalue weighted by molar-refractivity contribution is 0.0489. The van der Waals surface area contributed by atoms with E-state index in [0.29, 0.717) is 25.4 Å². The van der Waals surface area contributed by atoms with Crippen LogP contribution in [0.5, 0.6) is 0 Å². The van der Waals surface area contributed by atoms with Crippen LogP contribution in [0.3, 0.4) is 0 Å². The minimum Gasteiger partial charge on any atom is -0.467 e. The van der Waals surface area contributed by atoms with Gasteiger partial charge in [0.2, 0.25) is 0 Å². The molecule has 0 aromatic carbocycles. The Kier molecular flexibility index (Phi) is 4.38. The van der Waals surface area contributed by atoms with Crippen molar-refractivity contribution < 1.29 is 14.3 Å². The van der Waals surface area contributed by atoms with Crippen LogP contribution >= 0.6 is 11.3 Å². The van der Waals surface area contributed by atoms with Crippen molar-refractivity contribution in [3.8, 4) is 0 Å². The summed E-state index contributed by atoms with van der Waals surface area (Å²) in [7, 11) is 0. The maximum atomic E-state index is 12.2. The summed E-state index contributed by atoms with van der Waals surface area (Å²) in [6.07, 6.45) is 0.954. The lowest BCUT2D eigenvalue weighted by atomic mass is 10.2. The first-order valence-electron chi connectivity index (χ1n) is 7.00. The van der Waals surface area contributed by atoms with Gasteiger partial charge < -0.3 is 14.4 Å². The van der Waals surface area contributed by atoms with Crippen molar-refractivity contribution in [1.29, 1.82) is 0 Å². The average molecular weight is 306 g/mol. The average Bonchev–Trinajstić information content (AvgIpc) is 3.20. The quantitative estimate of drug-likeness (QED) is 0.936. The molecular formula is C15H18N2O3S. The molecule has 0 bridgehead atoms. The fourth-order valence-corrected chi connectivity index (χ4v) is 3.20. The minimum atomic E-state index is -0.612. The summed E-state index contributed by atoms with van der Waals surface area (Å²) in [5.74, 6) is 0.698. The van der Waals surface area contributed by atoms with E-state index in [1.54, 1.807) is 18.4 Å². The number of nitrogens with zero attached hydrogens (tertiary/aromatic N) is 2. The first kappa shape index (κ1) is 14.3. The zero-order valence-corrected chi connectivity index (χ0v) is 12.5. The van der Waals surface area contributed by atoms with Gasteiger partial charge in [-0.3, -0.25) is 9.69 Å². The molecule has 3 rings (SSSR count). The van der Waals surface area contributed by atoms with Gasteiger partial charge in [-0.2, -0.15) is 0 Å². The summed E-state index contributed by atoms with van der Waals surface area (Å²) in [6, 6.07) is 7.31. The largest absolute Gasteiger partial charge is 0.467 e. The fraction of sp³-hybridized carbons (Fsp3) is 0.400. The van der Waals surface area contributed by atoms with E-state index in [2.05, 4.69) is 4.90 Å². The van der Waals surface area contributed by atoms with Gasteiger partial charge in [0.05, 0.1) is 11.1 Å². The summed E-state index contributed by atoms with van der Waals surface area (Å²) in [5, 5.41) is 12.0. The molecule has 6 heteroatoms. The molecule has 2 aromatic rings. The molecule has 1 atom stereocenters. The number of hydrogen-bond donors (Lipinski definition) is 1. The molecule has 1 aliphatic rings. The van der Waals surface area contributed by atoms with E-state index in [0.717, 1.165) is 18.0 Å². The van der Waals surface area contributed by atoms with Crippen molar-refractivity contribution in [3.05, 3.63) is 46.5 Å². The van der Waals surface area contributed by atoms with Gasteiger partial charge >= 0.3 is 0 Å². The lowest BCUT2D eigenvalue weighted by Gasteiger charge is -2.35. The zero-order valence-electron chi connectivity index (χ0n) is 11.6. The van der Waals surface area contributed by atoms with Crippen molar-refractivity contribution >= 4 is 17.2 Å². The number of rotatable bonds is 4. The van der Waals surface area contributed by atoms with E-state index >= 15 is 0 Å². The number of piperazine rings is 1. The van der Waals surface area contributed by atoms with Gasteiger partial charge in [-0.1, -0.05) is 6.07 Å². The van der Waals surface area contributed by atoms with E-state index in [4.69, 9.17) is 4.42 Å². The minimum absolute atomic E-state index is 0.108. The van der Waals surface area contributed by atoms with Crippen molar-refractivity contribution in [3.63, 3.8) is 0 Å². The molecular weight excluding hydrogens is 288 g/mol. The Balaban J connectivity index is 1.50. The second kappa shape index (κ2) is 6.43. The highest BCUT2D eigenvalue weighted by atomic mass is 32.1. The van der Waals surface area contributed by atoms with Crippen molar-refractivity contribution in [2.24, 2.45) is 0 Å². The molecule has 1 unspecified atom stereocenters. The maximum absolute atomic E-state index is 12.2. The summed E-state index contributed by atoms with van der Waals surface area (Å²) >= 11 is 1.48. The van der Waals surface area contributed by atoms with Gasteiger partial charge in [-0.25, -0.2) is 0 Å². The predicted molar refractivity (Wildman–Crippen MR) is 80.3 cm³/mol. The van der Waals surface area contributed by atoms with E-state index in [1.807, 2.05) is 22.4 Å². The number of thiophene rings is 1. The number of amides is 1. The molecule has 0 saturated carbocycles. The molecule has 112 valence electrons. The lowest BCUT2D eigenvalue weighted by Crippen LogP contribution is -2.49. The van der Waals surface area contributed by atoms with Crippen LogP contribution in [-0.4, -0.2) is 53.5 Å². The smallest absolute Gasteiger partial charge is 0.264 e. The Hall–Kier alpha value is -1.63. The third kappa shape index (κ3) is 3.34. The second-order valence-corrected chi connectivity index (χ2v) is 6.05. The summed E-state index contributed by atoms with van der Waals surface area (Å²) in [4.78, 5) is 17.1. The zero-order chi connectivity index (χ0) is 14.7. The van der Waals surface area contributed by atoms with E-state index in [1.165, 1.54) is 11.3 Å². The highest BCUT2D eigenvalue weighted by Crippen LogP contribution is 2.17. The highest BCUT2D eigenvalue weighted by molar-refractivity contribution is 7.12. The van der Waals surface area contributed by atoms with Crippen LogP contribution in [-0.2, 0) is 0 Å². The van der Waals surface area contributed by atoms with Gasteiger partial charge in [0.15, 0.2) is 0 Å². The van der Waals surface area contributed by atoms with Crippen LogP contribution in [0.1, 0.15) is 21.5 Å². The van der Waals surface area contributed by atoms with Crippen LogP contribution in [0.25, 0.3) is 0 Å². The normalized spacial score (nSPS) is 17.9. The van der Waals surface area contributed by atoms with Crippen molar-refractivity contribution in [1.82, 2.24) is 9.80 Å². The molecule has 21 heavy (non-hydrogen) atoms. The Morgan fingerprint density at radius 1 is 1.29 bits per heavy atom. The van der Waals surface area contributed by atoms with Crippen molar-refractivity contribution in [2.75, 3.05) is 32.7 Å². The number of aliphatic hydroxyl groups excluding tert-OH is 1. The maximum Gasteiger partial charge on any atom is 0.264 e. The first-order valence-corrected chi connectivity index (χ1v) is 7.88. The Morgan fingerprint density at radius 3 is 2.71 bits per heavy atom. The monoisotopic (exact) mass is 306 g/mol. The summed E-state index contributed by atoms with van der Waals surface area (Å²) < 4.78 is 5.21. The highest BCUT2D eigenvalue weighted by Gasteiger charge is 2.24. The molecule has 0 spiro atoms. The number of β-amino-alcohol motifs (C(OH)–C–C–N with tert-alkyl or cyclic N) is 1. The van der Waals surface area contributed by atoms with Crippen molar-refractivity contribution in [2.45, 2.75) is 6.10 Å². The number of aliphatic hydroxyl groups is 1. The fourth-order valence-electron chi connectivity index (χ4n) is 2.51. The molecule has 0 aliphatic carbocycles. The predicted octanol–water partition coefficient (Wildman–Crippen LogP) is 1.83. The third-order valence-electron chi connectivity index (χ3n) is 3.69. The number of carbonyl (C=O) groups excluding carboxylic acids is 1. The molecule has 1 N–H and O–H groups in total. The molecule has 3 heterocycles. The first-order chi connectivity index (χ1) is 10.2. The topological polar surface area (TPSA) is 56.9 Å². The molecule has 1 aliphatic heterocycles. The van der Waals surface area contributed by atoms with E-state index in [-0.39, 0.29) is 5.91 Å². The Morgan fingerprint density at radius 2 is 2.10 bits per heavy atom. The van der Waals surface area contributed by atoms with Crippen LogP contribution in [0, 0.1) is 0 Å². The van der Waals surface area contributed by atoms with Crippen LogP contribution in [0.2, 0.25) is 0 Å². The molecule has 0 radical (unpaired) electrons. The van der Waals surface area contributed by atoms with Crippen LogP contribution in [0.4, 0.5) is 0 Å². The second-order valence-electron chi connectivity index (χ2n) is 5.10. The molecule has 5 nitrogen and oxygen atoms in total. The van der Waals surface area contributed by atoms with Crippen LogP contribution in [0.15, 0.2) is 40.3 Å². The number of furan rings is 1. The van der Waals surface area contributed by atoms with Gasteiger partial charge in [-0.05, 0) is 23.6 Å². The van der Waals surface area contributed by atoms with Crippen LogP contribution < -0.4 is 0 Å². The SMILES string of the molecule is O=C(c1cccs1)N1CCN(CC(O)c2ccco2)CC1. The third-order valence-corrected chi connectivity index (χ3v) is 4.55. The number of hydrogen-bond acceptors (Lipinski definition) is 5. The Labute approximate surface area is 127 Å². The van der Waals surface area contributed by atoms with Gasteiger partial charge in [0, 0.05) is 32.7 Å². The molecule has 2 aromatic heterocycles. The number of carbonyl (C=O) groups is 1. The summed E-state index contributed by atoms with van der Waals surface area (Å²) in [5.41, 5.74) is 0. The van der Waals surface area contributed by atoms with E-state index in [9.17, 15) is 9.90 Å². The molecule has 1 fully saturated rings. The standard InChI is InChI=1S/C15H18N2O3S/c18-12(13-3-1-9-20-13)11-16-5-7-17(8-6-16)15(19)14-4-2-10-21-14/h1-4,9-10,12,18H,5-8,11H2. The molecule has 1 amide bonds. The summed E-state index contributed by atoms with van der Waals surface area (Å²) in [6.45, 7) is 3.47. The van der Waals surface area contributed by atoms with Gasteiger partial charge in [0.25, 0.3) is 5.91 Å². The van der Waals surface area contributed by atoms with Gasteiger partial charge in [-0.15, -0.1) is 11.3 Å².